The average molecular weight is 329 g/mol. The molecule has 0 bridgehead atoms. The molecule has 2 atom stereocenters. The van der Waals surface area contributed by atoms with E-state index in [9.17, 15) is 31.1 Å². The molecule has 1 aromatic rings. The van der Waals surface area contributed by atoms with Crippen LogP contribution in [0.25, 0.3) is 0 Å². The molecule has 0 spiro atoms. The van der Waals surface area contributed by atoms with Crippen molar-refractivity contribution in [2.75, 3.05) is 0 Å². The maximum Gasteiger partial charge on any atom is 0.408 e. The number of carbonyl (C=O) groups excluding carboxylic acids is 1. The highest BCUT2D eigenvalue weighted by molar-refractivity contribution is 5.95. The number of phenolic OH excluding ortho intramolecular Hbond substituents is 1. The molecule has 0 aromatic heterocycles. The second-order valence-electron chi connectivity index (χ2n) is 4.76. The molecule has 0 aliphatic rings. The van der Waals surface area contributed by atoms with Crippen molar-refractivity contribution in [3.63, 3.8) is 0 Å². The van der Waals surface area contributed by atoms with Crippen molar-refractivity contribution in [1.82, 2.24) is 5.32 Å². The number of aromatic hydroxyl groups is 1. The van der Waals surface area contributed by atoms with Crippen LogP contribution in [0.1, 0.15) is 30.6 Å². The smallest absolute Gasteiger partial charge is 0.408 e. The van der Waals surface area contributed by atoms with E-state index in [1.54, 1.807) is 0 Å². The lowest BCUT2D eigenvalue weighted by Gasteiger charge is -2.26. The van der Waals surface area contributed by atoms with Gasteiger partial charge in [0, 0.05) is 0 Å². The average Bonchev–Trinajstić information content (AvgIpc) is 2.44. The van der Waals surface area contributed by atoms with Crippen molar-refractivity contribution in [3.8, 4) is 5.75 Å². The Labute approximate surface area is 121 Å². The van der Waals surface area contributed by atoms with Crippen LogP contribution in [-0.2, 0) is 0 Å². The van der Waals surface area contributed by atoms with Crippen LogP contribution in [-0.4, -0.2) is 23.2 Å². The molecule has 0 radical (unpaired) electrons. The Hall–Kier alpha value is -1.93. The van der Waals surface area contributed by atoms with Gasteiger partial charge in [-0.15, -0.1) is 0 Å². The fraction of sp³-hybridized carbons (Fsp3) is 0.462. The third kappa shape index (κ3) is 3.63. The fourth-order valence-electron chi connectivity index (χ4n) is 1.76. The van der Waals surface area contributed by atoms with Gasteiger partial charge in [0.2, 0.25) is 5.82 Å². The molecule has 0 saturated carbocycles. The van der Waals surface area contributed by atoms with Gasteiger partial charge in [-0.2, -0.15) is 17.6 Å². The van der Waals surface area contributed by atoms with E-state index in [2.05, 4.69) is 0 Å². The molecule has 2 unspecified atom stereocenters. The minimum absolute atomic E-state index is 0.0654. The van der Waals surface area contributed by atoms with Crippen molar-refractivity contribution in [3.05, 3.63) is 29.1 Å². The molecule has 124 valence electrons. The number of benzene rings is 1. The summed E-state index contributed by atoms with van der Waals surface area (Å²) in [7, 11) is 0. The Kier molecular flexibility index (Phi) is 5.31. The number of hydrogen-bond acceptors (Lipinski definition) is 2. The van der Waals surface area contributed by atoms with Crippen LogP contribution < -0.4 is 5.32 Å². The minimum atomic E-state index is -4.80. The number of alkyl halides is 3. The van der Waals surface area contributed by atoms with Crippen molar-refractivity contribution in [2.24, 2.45) is 5.92 Å². The van der Waals surface area contributed by atoms with E-state index in [1.807, 2.05) is 0 Å². The van der Waals surface area contributed by atoms with E-state index >= 15 is 0 Å². The molecular formula is C13H13F6NO2. The molecule has 0 aliphatic heterocycles. The molecule has 0 saturated heterocycles. The Morgan fingerprint density at radius 1 is 1.27 bits per heavy atom. The third-order valence-corrected chi connectivity index (χ3v) is 3.23. The summed E-state index contributed by atoms with van der Waals surface area (Å²) in [5, 5.41) is 10.5. The van der Waals surface area contributed by atoms with Gasteiger partial charge in [-0.05, 0) is 12.0 Å². The Bertz CT molecular complexity index is 573. The second kappa shape index (κ2) is 6.45. The van der Waals surface area contributed by atoms with Gasteiger partial charge < -0.3 is 10.4 Å². The lowest BCUT2D eigenvalue weighted by atomic mass is 9.98. The third-order valence-electron chi connectivity index (χ3n) is 3.23. The number of hydrogen-bond donors (Lipinski definition) is 2. The first-order valence-electron chi connectivity index (χ1n) is 6.24. The lowest BCUT2D eigenvalue weighted by molar-refractivity contribution is -0.164. The Balaban J connectivity index is 3.16. The number of rotatable bonds is 4. The van der Waals surface area contributed by atoms with Crippen molar-refractivity contribution >= 4 is 5.91 Å². The van der Waals surface area contributed by atoms with Crippen molar-refractivity contribution < 1.29 is 36.2 Å². The van der Waals surface area contributed by atoms with E-state index < -0.39 is 52.8 Å². The molecular weight excluding hydrogens is 316 g/mol. The molecule has 0 fully saturated rings. The van der Waals surface area contributed by atoms with Crippen LogP contribution in [0.4, 0.5) is 26.3 Å². The van der Waals surface area contributed by atoms with Crippen LogP contribution in [0, 0.1) is 23.4 Å². The lowest BCUT2D eigenvalue weighted by Crippen LogP contribution is -2.49. The van der Waals surface area contributed by atoms with Gasteiger partial charge in [-0.25, -0.2) is 8.78 Å². The number of carbonyl (C=O) groups is 1. The summed E-state index contributed by atoms with van der Waals surface area (Å²) >= 11 is 0. The first-order chi connectivity index (χ1) is 10.0. The number of amides is 1. The SMILES string of the molecule is CCC(C)C(NC(=O)c1cc(F)c(F)c(O)c1F)C(F)(F)F. The van der Waals surface area contributed by atoms with Gasteiger partial charge >= 0.3 is 6.18 Å². The van der Waals surface area contributed by atoms with Gasteiger partial charge in [0.25, 0.3) is 5.91 Å². The number of phenols is 1. The normalized spacial score (nSPS) is 14.5. The first-order valence-corrected chi connectivity index (χ1v) is 6.24. The summed E-state index contributed by atoms with van der Waals surface area (Å²) in [6.45, 7) is 2.68. The van der Waals surface area contributed by atoms with Crippen molar-refractivity contribution in [1.29, 1.82) is 0 Å². The maximum absolute atomic E-state index is 13.5. The van der Waals surface area contributed by atoms with E-state index in [0.717, 1.165) is 0 Å². The van der Waals surface area contributed by atoms with Crippen LogP contribution in [0.3, 0.4) is 0 Å². The summed E-state index contributed by atoms with van der Waals surface area (Å²) in [5.74, 6) is -9.90. The number of nitrogens with one attached hydrogen (secondary N) is 1. The predicted octanol–water partition coefficient (Wildman–Crippen LogP) is 3.52. The van der Waals surface area contributed by atoms with E-state index in [1.165, 1.54) is 19.2 Å². The predicted molar refractivity (Wildman–Crippen MR) is 64.7 cm³/mol. The summed E-state index contributed by atoms with van der Waals surface area (Å²) < 4.78 is 78.1. The molecule has 1 aromatic carbocycles. The van der Waals surface area contributed by atoms with E-state index in [-0.39, 0.29) is 12.5 Å². The highest BCUT2D eigenvalue weighted by atomic mass is 19.4. The summed E-state index contributed by atoms with van der Waals surface area (Å²) in [6.07, 6.45) is -4.74. The molecule has 22 heavy (non-hydrogen) atoms. The Morgan fingerprint density at radius 3 is 2.27 bits per heavy atom. The molecule has 3 nitrogen and oxygen atoms in total. The summed E-state index contributed by atoms with van der Waals surface area (Å²) in [5.41, 5.74) is -1.21. The van der Waals surface area contributed by atoms with Crippen LogP contribution in [0.15, 0.2) is 6.07 Å². The topological polar surface area (TPSA) is 49.3 Å². The standard InChI is InChI=1S/C13H13F6NO2/c1-3-5(2)11(13(17,18)19)20-12(22)6-4-7(14)9(16)10(21)8(6)15/h4-5,11,21H,3H2,1-2H3,(H,20,22). The van der Waals surface area contributed by atoms with E-state index in [4.69, 9.17) is 5.11 Å². The monoisotopic (exact) mass is 329 g/mol. The summed E-state index contributed by atoms with van der Waals surface area (Å²) in [4.78, 5) is 11.7. The highest BCUT2D eigenvalue weighted by Crippen LogP contribution is 2.29. The summed E-state index contributed by atoms with van der Waals surface area (Å²) in [6, 6.07) is -2.20. The fourth-order valence-corrected chi connectivity index (χ4v) is 1.76. The van der Waals surface area contributed by atoms with Gasteiger partial charge in [0.1, 0.15) is 6.04 Å². The zero-order valence-electron chi connectivity index (χ0n) is 11.6. The zero-order valence-corrected chi connectivity index (χ0v) is 11.6. The quantitative estimate of drug-likeness (QED) is 0.656. The molecule has 1 rings (SSSR count). The number of halogens is 6. The maximum atomic E-state index is 13.5. The molecule has 2 N–H and O–H groups in total. The van der Waals surface area contributed by atoms with Gasteiger partial charge in [-0.3, -0.25) is 4.79 Å². The van der Waals surface area contributed by atoms with Gasteiger partial charge in [0.05, 0.1) is 5.56 Å². The second-order valence-corrected chi connectivity index (χ2v) is 4.76. The Morgan fingerprint density at radius 2 is 1.82 bits per heavy atom. The molecule has 0 heterocycles. The van der Waals surface area contributed by atoms with Gasteiger partial charge in [0.15, 0.2) is 17.4 Å². The van der Waals surface area contributed by atoms with E-state index in [0.29, 0.717) is 0 Å². The molecule has 0 aliphatic carbocycles. The van der Waals surface area contributed by atoms with Gasteiger partial charge in [-0.1, -0.05) is 20.3 Å². The zero-order chi connectivity index (χ0) is 17.2. The molecule has 1 amide bonds. The molecule has 9 heteroatoms. The highest BCUT2D eigenvalue weighted by Gasteiger charge is 2.44. The van der Waals surface area contributed by atoms with Crippen LogP contribution in [0.2, 0.25) is 0 Å². The largest absolute Gasteiger partial charge is 0.503 e. The first kappa shape index (κ1) is 18.1. The van der Waals surface area contributed by atoms with Crippen LogP contribution >= 0.6 is 0 Å². The minimum Gasteiger partial charge on any atom is -0.503 e. The van der Waals surface area contributed by atoms with Crippen molar-refractivity contribution in [2.45, 2.75) is 32.5 Å². The van der Waals surface area contributed by atoms with Crippen LogP contribution in [0.5, 0.6) is 5.75 Å².